The zero-order valence-corrected chi connectivity index (χ0v) is 14.7. The lowest BCUT2D eigenvalue weighted by atomic mass is 9.96. The molecule has 2 N–H and O–H groups in total. The van der Waals surface area contributed by atoms with E-state index in [4.69, 9.17) is 19.7 Å². The first kappa shape index (κ1) is 17.3. The first-order valence-corrected chi connectivity index (χ1v) is 8.35. The maximum absolute atomic E-state index is 5.66. The molecule has 7 nitrogen and oxygen atoms in total. The molecule has 1 saturated heterocycles. The molecular weight excluding hydrogens is 320 g/mol. The molecule has 1 fully saturated rings. The van der Waals surface area contributed by atoms with E-state index in [-0.39, 0.29) is 5.92 Å². The summed E-state index contributed by atoms with van der Waals surface area (Å²) in [5.74, 6) is 2.82. The quantitative estimate of drug-likeness (QED) is 0.861. The monoisotopic (exact) mass is 344 g/mol. The number of aromatic nitrogens is 2. The van der Waals surface area contributed by atoms with Crippen molar-refractivity contribution in [2.24, 2.45) is 5.73 Å². The summed E-state index contributed by atoms with van der Waals surface area (Å²) >= 11 is 0. The van der Waals surface area contributed by atoms with Gasteiger partial charge in [0, 0.05) is 36.8 Å². The third-order valence-electron chi connectivity index (χ3n) is 4.61. The fourth-order valence-corrected chi connectivity index (χ4v) is 3.07. The summed E-state index contributed by atoms with van der Waals surface area (Å²) in [6.07, 6.45) is 1.90. The van der Waals surface area contributed by atoms with Crippen molar-refractivity contribution >= 4 is 0 Å². The van der Waals surface area contributed by atoms with Crippen LogP contribution in [0.15, 0.2) is 35.0 Å². The Labute approximate surface area is 147 Å². The molecule has 1 aliphatic rings. The van der Waals surface area contributed by atoms with Crippen molar-refractivity contribution in [1.29, 1.82) is 0 Å². The molecule has 0 amide bonds. The fourth-order valence-electron chi connectivity index (χ4n) is 3.07. The van der Waals surface area contributed by atoms with Crippen molar-refractivity contribution in [3.8, 4) is 22.9 Å². The molecule has 1 aromatic heterocycles. The second-order valence-electron chi connectivity index (χ2n) is 6.06. The highest BCUT2D eigenvalue weighted by molar-refractivity contribution is 5.60. The van der Waals surface area contributed by atoms with E-state index in [0.717, 1.165) is 37.2 Å². The Balaban J connectivity index is 1.72. The third kappa shape index (κ3) is 3.61. The number of piperidine rings is 1. The van der Waals surface area contributed by atoms with E-state index >= 15 is 0 Å². The molecule has 3 rings (SSSR count). The summed E-state index contributed by atoms with van der Waals surface area (Å²) in [5, 5.41) is 4.13. The molecule has 1 aliphatic heterocycles. The van der Waals surface area contributed by atoms with Gasteiger partial charge < -0.3 is 24.6 Å². The van der Waals surface area contributed by atoms with Crippen LogP contribution in [0.25, 0.3) is 11.4 Å². The highest BCUT2D eigenvalue weighted by atomic mass is 16.5. The first-order chi connectivity index (χ1) is 12.2. The van der Waals surface area contributed by atoms with E-state index in [2.05, 4.69) is 21.6 Å². The van der Waals surface area contributed by atoms with Gasteiger partial charge in [-0.15, -0.1) is 0 Å². The number of ether oxygens (including phenoxy) is 2. The molecule has 0 saturated carbocycles. The van der Waals surface area contributed by atoms with Gasteiger partial charge in [0.1, 0.15) is 0 Å². The van der Waals surface area contributed by atoms with E-state index < -0.39 is 0 Å². The van der Waals surface area contributed by atoms with Crippen molar-refractivity contribution < 1.29 is 14.0 Å². The largest absolute Gasteiger partial charge is 0.493 e. The predicted molar refractivity (Wildman–Crippen MR) is 94.6 cm³/mol. The van der Waals surface area contributed by atoms with Gasteiger partial charge in [0.2, 0.25) is 11.7 Å². The van der Waals surface area contributed by atoms with E-state index in [1.165, 1.54) is 0 Å². The molecule has 2 aromatic rings. The number of likely N-dealkylation sites (tertiary alicyclic amines) is 1. The fraction of sp³-hybridized carbons (Fsp3) is 0.444. The molecule has 0 bridgehead atoms. The SMILES string of the molecule is C=C(CN)N1CCC(c2nc(-c3ccc(OC)c(OC)c3)no2)CC1. The van der Waals surface area contributed by atoms with E-state index in [0.29, 0.717) is 29.8 Å². The lowest BCUT2D eigenvalue weighted by Gasteiger charge is -2.32. The van der Waals surface area contributed by atoms with Crippen LogP contribution in [0.3, 0.4) is 0 Å². The zero-order valence-electron chi connectivity index (χ0n) is 14.7. The summed E-state index contributed by atoms with van der Waals surface area (Å²) < 4.78 is 16.1. The van der Waals surface area contributed by atoms with Crippen molar-refractivity contribution in [3.05, 3.63) is 36.4 Å². The molecule has 0 radical (unpaired) electrons. The van der Waals surface area contributed by atoms with Crippen molar-refractivity contribution in [1.82, 2.24) is 15.0 Å². The number of nitrogens with two attached hydrogens (primary N) is 1. The third-order valence-corrected chi connectivity index (χ3v) is 4.61. The molecule has 25 heavy (non-hydrogen) atoms. The van der Waals surface area contributed by atoms with E-state index in [1.807, 2.05) is 18.2 Å². The van der Waals surface area contributed by atoms with Crippen molar-refractivity contribution in [2.75, 3.05) is 33.9 Å². The number of hydrogen-bond donors (Lipinski definition) is 1. The predicted octanol–water partition coefficient (Wildman–Crippen LogP) is 2.41. The highest BCUT2D eigenvalue weighted by Crippen LogP contribution is 2.33. The average Bonchev–Trinajstić information content (AvgIpc) is 3.17. The van der Waals surface area contributed by atoms with Crippen LogP contribution >= 0.6 is 0 Å². The number of rotatable bonds is 6. The van der Waals surface area contributed by atoms with Crippen LogP contribution < -0.4 is 15.2 Å². The van der Waals surface area contributed by atoms with Crippen LogP contribution in [0.1, 0.15) is 24.7 Å². The summed E-state index contributed by atoms with van der Waals surface area (Å²) in [4.78, 5) is 6.81. The Morgan fingerprint density at radius 1 is 1.28 bits per heavy atom. The molecule has 134 valence electrons. The Kier molecular flexibility index (Phi) is 5.23. The van der Waals surface area contributed by atoms with Gasteiger partial charge in [0.05, 0.1) is 14.2 Å². The minimum atomic E-state index is 0.267. The first-order valence-electron chi connectivity index (χ1n) is 8.35. The van der Waals surface area contributed by atoms with Gasteiger partial charge in [0.15, 0.2) is 11.5 Å². The van der Waals surface area contributed by atoms with Crippen LogP contribution in [-0.4, -0.2) is 48.9 Å². The normalized spacial score (nSPS) is 15.2. The molecule has 7 heteroatoms. The minimum Gasteiger partial charge on any atom is -0.493 e. The number of nitrogens with zero attached hydrogens (tertiary/aromatic N) is 3. The number of benzene rings is 1. The smallest absolute Gasteiger partial charge is 0.230 e. The molecule has 2 heterocycles. The second kappa shape index (κ2) is 7.57. The molecule has 1 aromatic carbocycles. The van der Waals surface area contributed by atoms with Crippen LogP contribution in [0.2, 0.25) is 0 Å². The summed E-state index contributed by atoms with van der Waals surface area (Å²) in [5.41, 5.74) is 7.48. The van der Waals surface area contributed by atoms with Gasteiger partial charge in [-0.1, -0.05) is 11.7 Å². The highest BCUT2D eigenvalue weighted by Gasteiger charge is 2.25. The zero-order chi connectivity index (χ0) is 17.8. The molecule has 0 aliphatic carbocycles. The van der Waals surface area contributed by atoms with Crippen molar-refractivity contribution in [3.63, 3.8) is 0 Å². The Hall–Kier alpha value is -2.54. The molecular formula is C18H24N4O3. The topological polar surface area (TPSA) is 86.6 Å². The summed E-state index contributed by atoms with van der Waals surface area (Å²) in [7, 11) is 3.21. The number of hydrogen-bond acceptors (Lipinski definition) is 7. The molecule has 0 unspecified atom stereocenters. The maximum atomic E-state index is 5.66. The Morgan fingerprint density at radius 3 is 2.64 bits per heavy atom. The lowest BCUT2D eigenvalue weighted by Crippen LogP contribution is -2.34. The van der Waals surface area contributed by atoms with Gasteiger partial charge in [-0.2, -0.15) is 4.98 Å². The van der Waals surface area contributed by atoms with Gasteiger partial charge in [-0.05, 0) is 31.0 Å². The second-order valence-corrected chi connectivity index (χ2v) is 6.06. The van der Waals surface area contributed by atoms with Crippen LogP contribution in [0.4, 0.5) is 0 Å². The average molecular weight is 344 g/mol. The number of methoxy groups -OCH3 is 2. The lowest BCUT2D eigenvalue weighted by molar-refractivity contribution is 0.232. The van der Waals surface area contributed by atoms with Crippen LogP contribution in [0.5, 0.6) is 11.5 Å². The minimum absolute atomic E-state index is 0.267. The molecule has 0 spiro atoms. The Bertz CT molecular complexity index is 736. The van der Waals surface area contributed by atoms with Gasteiger partial charge >= 0.3 is 0 Å². The van der Waals surface area contributed by atoms with E-state index in [9.17, 15) is 0 Å². The van der Waals surface area contributed by atoms with Gasteiger partial charge in [-0.3, -0.25) is 0 Å². The summed E-state index contributed by atoms with van der Waals surface area (Å²) in [6.45, 7) is 6.31. The van der Waals surface area contributed by atoms with Crippen molar-refractivity contribution in [2.45, 2.75) is 18.8 Å². The summed E-state index contributed by atoms with van der Waals surface area (Å²) in [6, 6.07) is 5.58. The van der Waals surface area contributed by atoms with Crippen LogP contribution in [0, 0.1) is 0 Å². The Morgan fingerprint density at radius 2 is 2.00 bits per heavy atom. The van der Waals surface area contributed by atoms with Crippen LogP contribution in [-0.2, 0) is 0 Å². The van der Waals surface area contributed by atoms with Gasteiger partial charge in [-0.25, -0.2) is 0 Å². The standard InChI is InChI=1S/C18H24N4O3/c1-12(11-19)22-8-6-13(7-9-22)18-20-17(21-25-18)14-4-5-15(23-2)16(10-14)24-3/h4-5,10,13H,1,6-9,11,19H2,2-3H3. The molecule has 0 atom stereocenters. The maximum Gasteiger partial charge on any atom is 0.230 e. The van der Waals surface area contributed by atoms with Gasteiger partial charge in [0.25, 0.3) is 0 Å². The van der Waals surface area contributed by atoms with E-state index in [1.54, 1.807) is 14.2 Å².